The number of rotatable bonds is 7. The second-order valence-electron chi connectivity index (χ2n) is 7.23. The fourth-order valence-electron chi connectivity index (χ4n) is 3.45. The van der Waals surface area contributed by atoms with Crippen molar-refractivity contribution in [3.63, 3.8) is 0 Å². The highest BCUT2D eigenvalue weighted by Gasteiger charge is 2.29. The van der Waals surface area contributed by atoms with Crippen LogP contribution in [0.2, 0.25) is 0 Å². The van der Waals surface area contributed by atoms with E-state index in [1.807, 2.05) is 24.3 Å². The average Bonchev–Trinajstić information content (AvgIpc) is 2.76. The summed E-state index contributed by atoms with van der Waals surface area (Å²) in [7, 11) is -3.86. The zero-order valence-corrected chi connectivity index (χ0v) is 19.8. The Balaban J connectivity index is 1.90. The molecule has 0 bridgehead atoms. The molecule has 170 valence electrons. The molecule has 32 heavy (non-hydrogen) atoms. The van der Waals surface area contributed by atoms with Gasteiger partial charge in [0.2, 0.25) is 10.0 Å². The van der Waals surface area contributed by atoms with Gasteiger partial charge >= 0.3 is 5.97 Å². The van der Waals surface area contributed by atoms with Gasteiger partial charge in [0.15, 0.2) is 0 Å². The third-order valence-electron chi connectivity index (χ3n) is 4.99. The summed E-state index contributed by atoms with van der Waals surface area (Å²) in [4.78, 5) is 25.4. The highest BCUT2D eigenvalue weighted by atomic mass is 79.9. The maximum absolute atomic E-state index is 12.9. The molecule has 4 N–H and O–H groups in total. The fourth-order valence-corrected chi connectivity index (χ4v) is 4.23. The number of sulfonamides is 1. The van der Waals surface area contributed by atoms with Gasteiger partial charge in [-0.15, -0.1) is 0 Å². The molecule has 0 spiro atoms. The molecule has 1 unspecified atom stereocenters. The second-order valence-corrected chi connectivity index (χ2v) is 9.71. The Labute approximate surface area is 195 Å². The highest BCUT2D eigenvalue weighted by Crippen LogP contribution is 2.28. The van der Waals surface area contributed by atoms with Crippen molar-refractivity contribution < 1.29 is 22.7 Å². The van der Waals surface area contributed by atoms with Crippen molar-refractivity contribution in [1.29, 1.82) is 0 Å². The normalized spacial score (nSPS) is 16.4. The van der Waals surface area contributed by atoms with E-state index in [0.717, 1.165) is 16.6 Å². The zero-order chi connectivity index (χ0) is 23.3. The van der Waals surface area contributed by atoms with E-state index in [0.29, 0.717) is 24.1 Å². The van der Waals surface area contributed by atoms with Crippen LogP contribution in [0.1, 0.15) is 36.5 Å². The largest absolute Gasteiger partial charge is 0.463 e. The highest BCUT2D eigenvalue weighted by molar-refractivity contribution is 9.10. The number of nitrogens with one attached hydrogen (secondary N) is 2. The van der Waals surface area contributed by atoms with Crippen molar-refractivity contribution >= 4 is 43.5 Å². The van der Waals surface area contributed by atoms with Crippen molar-refractivity contribution in [2.75, 3.05) is 11.9 Å². The van der Waals surface area contributed by atoms with E-state index in [1.54, 1.807) is 6.92 Å². The summed E-state index contributed by atoms with van der Waals surface area (Å²) in [6.07, 6.45) is 1.95. The summed E-state index contributed by atoms with van der Waals surface area (Å²) in [6.45, 7) is 1.95. The lowest BCUT2D eigenvalue weighted by Crippen LogP contribution is -2.39. The minimum atomic E-state index is -3.86. The van der Waals surface area contributed by atoms with Gasteiger partial charge in [0.1, 0.15) is 0 Å². The first-order valence-electron chi connectivity index (χ1n) is 10.1. The van der Waals surface area contributed by atoms with Gasteiger partial charge in [-0.2, -0.15) is 0 Å². The molecule has 2 aromatic carbocycles. The molecule has 2 aromatic rings. The van der Waals surface area contributed by atoms with E-state index in [9.17, 15) is 18.0 Å². The number of hydrogen-bond acceptors (Lipinski definition) is 6. The Morgan fingerprint density at radius 1 is 1.12 bits per heavy atom. The summed E-state index contributed by atoms with van der Waals surface area (Å²) in [6, 6.07) is 12.6. The van der Waals surface area contributed by atoms with Gasteiger partial charge < -0.3 is 15.4 Å². The first-order valence-corrected chi connectivity index (χ1v) is 12.4. The van der Waals surface area contributed by atoms with E-state index in [4.69, 9.17) is 9.88 Å². The van der Waals surface area contributed by atoms with Crippen LogP contribution in [0.25, 0.3) is 0 Å². The van der Waals surface area contributed by atoms with Gasteiger partial charge in [0.05, 0.1) is 28.8 Å². The third kappa shape index (κ3) is 5.96. The quantitative estimate of drug-likeness (QED) is 0.479. The van der Waals surface area contributed by atoms with Gasteiger partial charge in [0.25, 0.3) is 5.91 Å². The molecule has 1 amide bonds. The molecular weight excluding hydrogens is 498 g/mol. The maximum atomic E-state index is 12.9. The summed E-state index contributed by atoms with van der Waals surface area (Å²) in [5.74, 6) is -0.929. The first kappa shape index (κ1) is 24.0. The molecule has 10 heteroatoms. The lowest BCUT2D eigenvalue weighted by Gasteiger charge is -2.29. The SMILES string of the molecule is CCOC(=O)C1=C(NC(=O)c2ccc(S(N)(=O)=O)cc2)C(Nc2ccc(Br)cc2)CCC1. The van der Waals surface area contributed by atoms with Crippen LogP contribution in [-0.2, 0) is 19.6 Å². The smallest absolute Gasteiger partial charge is 0.335 e. The topological polar surface area (TPSA) is 128 Å². The van der Waals surface area contributed by atoms with Crippen LogP contribution in [0.3, 0.4) is 0 Å². The molecule has 0 aromatic heterocycles. The Morgan fingerprint density at radius 3 is 2.38 bits per heavy atom. The fraction of sp³-hybridized carbons (Fsp3) is 0.273. The number of amides is 1. The number of ether oxygens (including phenoxy) is 1. The first-order chi connectivity index (χ1) is 15.2. The third-order valence-corrected chi connectivity index (χ3v) is 6.45. The molecule has 0 fully saturated rings. The number of anilines is 1. The molecule has 1 aliphatic carbocycles. The predicted octanol–water partition coefficient (Wildman–Crippen LogP) is 3.31. The van der Waals surface area contributed by atoms with Crippen LogP contribution in [0, 0.1) is 0 Å². The molecular formula is C22H24BrN3O5S. The van der Waals surface area contributed by atoms with Gasteiger partial charge in [-0.3, -0.25) is 4.79 Å². The van der Waals surface area contributed by atoms with Gasteiger partial charge in [-0.25, -0.2) is 18.4 Å². The van der Waals surface area contributed by atoms with Crippen LogP contribution >= 0.6 is 15.9 Å². The summed E-state index contributed by atoms with van der Waals surface area (Å²) in [5.41, 5.74) is 1.95. The Morgan fingerprint density at radius 2 is 1.78 bits per heavy atom. The minimum absolute atomic E-state index is 0.0899. The molecule has 1 aliphatic rings. The van der Waals surface area contributed by atoms with E-state index < -0.39 is 21.9 Å². The average molecular weight is 522 g/mol. The lowest BCUT2D eigenvalue weighted by molar-refractivity contribution is -0.138. The molecule has 0 radical (unpaired) electrons. The Hall–Kier alpha value is -2.69. The summed E-state index contributed by atoms with van der Waals surface area (Å²) in [5, 5.41) is 11.3. The van der Waals surface area contributed by atoms with Gasteiger partial charge in [0, 0.05) is 15.7 Å². The number of halogens is 1. The van der Waals surface area contributed by atoms with Crippen LogP contribution in [0.15, 0.2) is 69.2 Å². The van der Waals surface area contributed by atoms with E-state index in [2.05, 4.69) is 26.6 Å². The van der Waals surface area contributed by atoms with Crippen molar-refractivity contribution in [2.45, 2.75) is 37.1 Å². The lowest BCUT2D eigenvalue weighted by atomic mass is 9.91. The number of carbonyl (C=O) groups is 2. The van der Waals surface area contributed by atoms with Crippen LogP contribution < -0.4 is 15.8 Å². The van der Waals surface area contributed by atoms with Crippen LogP contribution in [-0.4, -0.2) is 32.9 Å². The zero-order valence-electron chi connectivity index (χ0n) is 17.4. The molecule has 3 rings (SSSR count). The maximum Gasteiger partial charge on any atom is 0.335 e. The second kappa shape index (κ2) is 10.3. The number of nitrogens with two attached hydrogens (primary N) is 1. The molecule has 0 saturated heterocycles. The molecule has 0 heterocycles. The number of benzene rings is 2. The van der Waals surface area contributed by atoms with Crippen molar-refractivity contribution in [3.05, 3.63) is 69.8 Å². The predicted molar refractivity (Wildman–Crippen MR) is 124 cm³/mol. The standard InChI is InChI=1S/C22H24BrN3O5S/c1-2-31-22(28)18-4-3-5-19(25-16-10-8-15(23)9-11-16)20(18)26-21(27)14-6-12-17(13-7-14)32(24,29)30/h6-13,19,25H,2-5H2,1H3,(H,26,27)(H2,24,29,30). The van der Waals surface area contributed by atoms with E-state index >= 15 is 0 Å². The molecule has 0 aliphatic heterocycles. The van der Waals surface area contributed by atoms with E-state index in [-0.39, 0.29) is 23.1 Å². The van der Waals surface area contributed by atoms with Crippen molar-refractivity contribution in [3.8, 4) is 0 Å². The minimum Gasteiger partial charge on any atom is -0.463 e. The van der Waals surface area contributed by atoms with E-state index in [1.165, 1.54) is 24.3 Å². The molecule has 8 nitrogen and oxygen atoms in total. The Kier molecular flexibility index (Phi) is 7.70. The van der Waals surface area contributed by atoms with Crippen LogP contribution in [0.5, 0.6) is 0 Å². The number of hydrogen-bond donors (Lipinski definition) is 3. The summed E-state index contributed by atoms with van der Waals surface area (Å²) < 4.78 is 29.1. The summed E-state index contributed by atoms with van der Waals surface area (Å²) >= 11 is 3.40. The number of primary sulfonamides is 1. The Bertz CT molecular complexity index is 1130. The number of carbonyl (C=O) groups excluding carboxylic acids is 2. The van der Waals surface area contributed by atoms with Crippen molar-refractivity contribution in [1.82, 2.24) is 5.32 Å². The monoisotopic (exact) mass is 521 g/mol. The molecule has 0 saturated carbocycles. The van der Waals surface area contributed by atoms with Crippen LogP contribution in [0.4, 0.5) is 5.69 Å². The number of esters is 1. The van der Waals surface area contributed by atoms with Crippen molar-refractivity contribution in [2.24, 2.45) is 5.14 Å². The van der Waals surface area contributed by atoms with Gasteiger partial charge in [-0.1, -0.05) is 15.9 Å². The molecule has 1 atom stereocenters. The van der Waals surface area contributed by atoms with Gasteiger partial charge in [-0.05, 0) is 74.7 Å².